The number of carbonyl (C=O) groups excluding carboxylic acids is 1. The van der Waals surface area contributed by atoms with Gasteiger partial charge in [0.1, 0.15) is 5.75 Å². The van der Waals surface area contributed by atoms with Crippen LogP contribution in [-0.4, -0.2) is 52.2 Å². The first-order valence-electron chi connectivity index (χ1n) is 6.63. The molecule has 2 heterocycles. The average Bonchev–Trinajstić information content (AvgIpc) is 2.40. The molecule has 0 bridgehead atoms. The zero-order valence-corrected chi connectivity index (χ0v) is 11.1. The lowest BCUT2D eigenvalue weighted by Gasteiger charge is -2.28. The van der Waals surface area contributed by atoms with Crippen molar-refractivity contribution in [2.45, 2.75) is 37.4 Å². The van der Waals surface area contributed by atoms with Gasteiger partial charge < -0.3 is 10.2 Å². The average molecular weight is 258 g/mol. The molecule has 1 amide bonds. The Morgan fingerprint density at radius 2 is 2.00 bits per heavy atom. The first kappa shape index (κ1) is 13.0. The van der Waals surface area contributed by atoms with Gasteiger partial charge >= 0.3 is 0 Å². The van der Waals surface area contributed by atoms with Crippen LogP contribution in [0, 0.1) is 0 Å². The predicted octanol–water partition coefficient (Wildman–Crippen LogP) is 0.500. The van der Waals surface area contributed by atoms with Gasteiger partial charge in [0.15, 0.2) is 0 Å². The summed E-state index contributed by atoms with van der Waals surface area (Å²) in [5, 5.41) is 3.43. The van der Waals surface area contributed by atoms with Gasteiger partial charge in [0.25, 0.3) is 0 Å². The Morgan fingerprint density at radius 3 is 2.65 bits per heavy atom. The van der Waals surface area contributed by atoms with Gasteiger partial charge in [0.05, 0.1) is 0 Å². The second-order valence-corrected chi connectivity index (χ2v) is 6.65. The van der Waals surface area contributed by atoms with Crippen LogP contribution in [0.4, 0.5) is 0 Å². The summed E-state index contributed by atoms with van der Waals surface area (Å²) >= 11 is 0. The van der Waals surface area contributed by atoms with E-state index in [1.165, 1.54) is 6.42 Å². The minimum atomic E-state index is -0.992. The van der Waals surface area contributed by atoms with E-state index in [9.17, 15) is 9.00 Å². The molecular weight excluding hydrogens is 236 g/mol. The number of carbonyl (C=O) groups is 1. The molecule has 17 heavy (non-hydrogen) atoms. The Labute approximate surface area is 106 Å². The van der Waals surface area contributed by atoms with E-state index < -0.39 is 10.8 Å². The minimum Gasteiger partial charge on any atom is -0.342 e. The van der Waals surface area contributed by atoms with Crippen molar-refractivity contribution in [3.63, 3.8) is 0 Å². The van der Waals surface area contributed by atoms with Crippen molar-refractivity contribution in [1.29, 1.82) is 0 Å². The molecule has 0 saturated carbocycles. The highest BCUT2D eigenvalue weighted by atomic mass is 32.2. The van der Waals surface area contributed by atoms with Gasteiger partial charge in [-0.1, -0.05) is 0 Å². The SMILES string of the molecule is O=C(CS(=O)C1CCCNC1)N1CCCCC1. The Balaban J connectivity index is 1.78. The molecule has 4 nitrogen and oxygen atoms in total. The van der Waals surface area contributed by atoms with Crippen LogP contribution in [0.1, 0.15) is 32.1 Å². The number of amides is 1. The highest BCUT2D eigenvalue weighted by Gasteiger charge is 2.24. The first-order valence-corrected chi connectivity index (χ1v) is 8.01. The lowest BCUT2D eigenvalue weighted by atomic mass is 10.1. The third-order valence-electron chi connectivity index (χ3n) is 3.60. The van der Waals surface area contributed by atoms with Crippen molar-refractivity contribution in [3.8, 4) is 0 Å². The fourth-order valence-corrected chi connectivity index (χ4v) is 3.91. The maximum Gasteiger partial charge on any atom is 0.235 e. The van der Waals surface area contributed by atoms with Crippen LogP contribution < -0.4 is 5.32 Å². The summed E-state index contributed by atoms with van der Waals surface area (Å²) in [7, 11) is -0.992. The van der Waals surface area contributed by atoms with E-state index in [1.54, 1.807) is 0 Å². The third kappa shape index (κ3) is 3.78. The van der Waals surface area contributed by atoms with Gasteiger partial charge in [-0.15, -0.1) is 0 Å². The lowest BCUT2D eigenvalue weighted by Crippen LogP contribution is -2.42. The second-order valence-electron chi connectivity index (χ2n) is 4.93. The summed E-state index contributed by atoms with van der Waals surface area (Å²) in [6.45, 7) is 3.55. The molecule has 1 N–H and O–H groups in total. The molecule has 98 valence electrons. The number of nitrogens with one attached hydrogen (secondary N) is 1. The van der Waals surface area contributed by atoms with Gasteiger partial charge in [0.2, 0.25) is 5.91 Å². The monoisotopic (exact) mass is 258 g/mol. The third-order valence-corrected chi connectivity index (χ3v) is 5.28. The topological polar surface area (TPSA) is 49.4 Å². The molecule has 2 aliphatic rings. The molecule has 0 spiro atoms. The van der Waals surface area contributed by atoms with E-state index in [-0.39, 0.29) is 16.9 Å². The Bertz CT molecular complexity index is 256. The van der Waals surface area contributed by atoms with E-state index in [1.807, 2.05) is 4.90 Å². The minimum absolute atomic E-state index is 0.0913. The zero-order valence-electron chi connectivity index (χ0n) is 10.3. The molecule has 5 heteroatoms. The largest absolute Gasteiger partial charge is 0.342 e. The van der Waals surface area contributed by atoms with Gasteiger partial charge in [-0.05, 0) is 38.6 Å². The van der Waals surface area contributed by atoms with Gasteiger partial charge in [-0.25, -0.2) is 0 Å². The number of likely N-dealkylation sites (tertiary alicyclic amines) is 1. The maximum absolute atomic E-state index is 12.1. The Kier molecular flexibility index (Phi) is 4.98. The van der Waals surface area contributed by atoms with Crippen molar-refractivity contribution in [2.75, 3.05) is 31.9 Å². The number of nitrogens with zero attached hydrogens (tertiary/aromatic N) is 1. The van der Waals surface area contributed by atoms with Crippen LogP contribution in [-0.2, 0) is 15.6 Å². The quantitative estimate of drug-likeness (QED) is 0.802. The van der Waals surface area contributed by atoms with E-state index in [0.29, 0.717) is 0 Å². The van der Waals surface area contributed by atoms with Crippen LogP contribution in [0.25, 0.3) is 0 Å². The van der Waals surface area contributed by atoms with Crippen molar-refractivity contribution >= 4 is 16.7 Å². The molecule has 2 saturated heterocycles. The smallest absolute Gasteiger partial charge is 0.235 e. The summed E-state index contributed by atoms with van der Waals surface area (Å²) in [6.07, 6.45) is 5.49. The Hall–Kier alpha value is -0.420. The number of hydrogen-bond donors (Lipinski definition) is 1. The van der Waals surface area contributed by atoms with Crippen LogP contribution in [0.5, 0.6) is 0 Å². The van der Waals surface area contributed by atoms with Crippen LogP contribution >= 0.6 is 0 Å². The lowest BCUT2D eigenvalue weighted by molar-refractivity contribution is -0.129. The molecule has 0 aromatic rings. The molecule has 2 aliphatic heterocycles. The number of hydrogen-bond acceptors (Lipinski definition) is 3. The van der Waals surface area contributed by atoms with E-state index in [4.69, 9.17) is 0 Å². The second kappa shape index (κ2) is 6.50. The molecule has 0 aromatic heterocycles. The zero-order chi connectivity index (χ0) is 12.1. The highest BCUT2D eigenvalue weighted by molar-refractivity contribution is 7.86. The molecule has 0 aromatic carbocycles. The van der Waals surface area contributed by atoms with Crippen molar-refractivity contribution in [2.24, 2.45) is 0 Å². The first-order chi connectivity index (χ1) is 8.27. The normalized spacial score (nSPS) is 27.8. The van der Waals surface area contributed by atoms with Gasteiger partial charge in [0, 0.05) is 35.7 Å². The van der Waals surface area contributed by atoms with Crippen LogP contribution in [0.15, 0.2) is 0 Å². The van der Waals surface area contributed by atoms with Crippen molar-refractivity contribution in [1.82, 2.24) is 10.2 Å². The molecule has 2 unspecified atom stereocenters. The van der Waals surface area contributed by atoms with E-state index in [2.05, 4.69) is 5.32 Å². The fraction of sp³-hybridized carbons (Fsp3) is 0.917. The summed E-state index contributed by atoms with van der Waals surface area (Å²) in [6, 6.07) is 0. The summed E-state index contributed by atoms with van der Waals surface area (Å²) < 4.78 is 12.1. The van der Waals surface area contributed by atoms with Crippen molar-refractivity contribution in [3.05, 3.63) is 0 Å². The summed E-state index contributed by atoms with van der Waals surface area (Å²) in [4.78, 5) is 13.9. The molecule has 2 fully saturated rings. The maximum atomic E-state index is 12.1. The molecule has 0 radical (unpaired) electrons. The summed E-state index contributed by atoms with van der Waals surface area (Å²) in [5.41, 5.74) is 0. The van der Waals surface area contributed by atoms with E-state index >= 15 is 0 Å². The highest BCUT2D eigenvalue weighted by Crippen LogP contribution is 2.12. The summed E-state index contributed by atoms with van der Waals surface area (Å²) in [5.74, 6) is 0.320. The molecule has 2 atom stereocenters. The Morgan fingerprint density at radius 1 is 1.24 bits per heavy atom. The predicted molar refractivity (Wildman–Crippen MR) is 69.3 cm³/mol. The molecular formula is C12H22N2O2S. The standard InChI is InChI=1S/C12H22N2O2S/c15-12(14-7-2-1-3-8-14)10-17(16)11-5-4-6-13-9-11/h11,13H,1-10H2. The van der Waals surface area contributed by atoms with Crippen molar-refractivity contribution < 1.29 is 9.00 Å². The number of rotatable bonds is 3. The van der Waals surface area contributed by atoms with Gasteiger partial charge in [-0.2, -0.15) is 0 Å². The van der Waals surface area contributed by atoms with Crippen LogP contribution in [0.2, 0.25) is 0 Å². The molecule has 0 aliphatic carbocycles. The fourth-order valence-electron chi connectivity index (χ4n) is 2.52. The van der Waals surface area contributed by atoms with Crippen LogP contribution in [0.3, 0.4) is 0 Å². The van der Waals surface area contributed by atoms with E-state index in [0.717, 1.165) is 51.9 Å². The molecule has 2 rings (SSSR count). The number of piperidine rings is 2. The van der Waals surface area contributed by atoms with Gasteiger partial charge in [-0.3, -0.25) is 9.00 Å².